The molecule has 0 aliphatic carbocycles. The highest BCUT2D eigenvalue weighted by molar-refractivity contribution is 7.09. The maximum Gasteiger partial charge on any atom is 0.297 e. The first-order valence-corrected chi connectivity index (χ1v) is 7.05. The first-order valence-electron chi connectivity index (χ1n) is 6.17. The zero-order valence-electron chi connectivity index (χ0n) is 10.6. The predicted molar refractivity (Wildman–Crippen MR) is 80.3 cm³/mol. The summed E-state index contributed by atoms with van der Waals surface area (Å²) in [5, 5.41) is 2.49. The summed E-state index contributed by atoms with van der Waals surface area (Å²) in [4.78, 5) is 20.0. The van der Waals surface area contributed by atoms with E-state index in [1.165, 1.54) is 4.88 Å². The number of nitrogens with zero attached hydrogens (tertiary/aromatic N) is 1. The lowest BCUT2D eigenvalue weighted by atomic mass is 10.2. The molecule has 0 amide bonds. The zero-order valence-corrected chi connectivity index (χ0v) is 11.4. The first-order chi connectivity index (χ1) is 9.72. The molecule has 3 N–H and O–H groups in total. The number of benzene rings is 1. The Balaban J connectivity index is 1.78. The molecule has 0 radical (unpaired) electrons. The molecule has 0 fully saturated rings. The summed E-state index contributed by atoms with van der Waals surface area (Å²) in [6, 6.07) is 9.32. The van der Waals surface area contributed by atoms with Crippen molar-refractivity contribution < 1.29 is 4.74 Å². The van der Waals surface area contributed by atoms with E-state index in [4.69, 9.17) is 10.5 Å². The topological polar surface area (TPSA) is 81.0 Å². The van der Waals surface area contributed by atoms with Crippen LogP contribution in [-0.2, 0) is 6.42 Å². The highest BCUT2D eigenvalue weighted by atomic mass is 32.1. The number of nitrogen functional groups attached to an aromatic ring is 1. The Bertz CT molecular complexity index is 781. The van der Waals surface area contributed by atoms with Gasteiger partial charge in [-0.15, -0.1) is 11.3 Å². The van der Waals surface area contributed by atoms with Gasteiger partial charge in [-0.25, -0.2) is 0 Å². The first kappa shape index (κ1) is 12.7. The molecule has 0 aliphatic rings. The number of ether oxygens (including phenoxy) is 1. The van der Waals surface area contributed by atoms with Crippen molar-refractivity contribution >= 4 is 27.9 Å². The summed E-state index contributed by atoms with van der Waals surface area (Å²) in [6.07, 6.45) is 0.793. The lowest BCUT2D eigenvalue weighted by Gasteiger charge is -2.05. The monoisotopic (exact) mass is 287 g/mol. The van der Waals surface area contributed by atoms with Gasteiger partial charge in [0.25, 0.3) is 11.6 Å². The largest absolute Gasteiger partial charge is 0.464 e. The Morgan fingerprint density at radius 1 is 1.35 bits per heavy atom. The van der Waals surface area contributed by atoms with E-state index in [0.717, 1.165) is 6.42 Å². The molecule has 3 rings (SSSR count). The van der Waals surface area contributed by atoms with Crippen molar-refractivity contribution in [3.05, 3.63) is 50.9 Å². The van der Waals surface area contributed by atoms with Crippen molar-refractivity contribution in [1.29, 1.82) is 0 Å². The van der Waals surface area contributed by atoms with E-state index < -0.39 is 0 Å². The van der Waals surface area contributed by atoms with Crippen molar-refractivity contribution in [1.82, 2.24) is 9.97 Å². The van der Waals surface area contributed by atoms with Gasteiger partial charge >= 0.3 is 0 Å². The third-order valence-electron chi connectivity index (χ3n) is 2.88. The molecule has 0 bridgehead atoms. The second-order valence-corrected chi connectivity index (χ2v) is 5.36. The summed E-state index contributed by atoms with van der Waals surface area (Å²) in [5.41, 5.74) is 6.53. The molecular formula is C14H13N3O2S. The molecule has 102 valence electrons. The van der Waals surface area contributed by atoms with E-state index in [9.17, 15) is 4.79 Å². The molecule has 2 heterocycles. The van der Waals surface area contributed by atoms with E-state index in [1.807, 2.05) is 17.5 Å². The summed E-state index contributed by atoms with van der Waals surface area (Å²) < 4.78 is 5.51. The second kappa shape index (κ2) is 5.34. The molecule has 0 atom stereocenters. The Kier molecular flexibility index (Phi) is 3.39. The minimum absolute atomic E-state index is 0.240. The quantitative estimate of drug-likeness (QED) is 0.721. The molecule has 5 nitrogen and oxygen atoms in total. The highest BCUT2D eigenvalue weighted by Crippen LogP contribution is 2.14. The number of rotatable bonds is 4. The van der Waals surface area contributed by atoms with Crippen LogP contribution in [-0.4, -0.2) is 16.6 Å². The van der Waals surface area contributed by atoms with Crippen LogP contribution in [0.5, 0.6) is 6.01 Å². The third kappa shape index (κ3) is 2.65. The molecule has 0 aliphatic heterocycles. The summed E-state index contributed by atoms with van der Waals surface area (Å²) in [7, 11) is 0. The van der Waals surface area contributed by atoms with Crippen molar-refractivity contribution in [3.8, 4) is 6.01 Å². The van der Waals surface area contributed by atoms with E-state index >= 15 is 0 Å². The molecule has 2 aromatic heterocycles. The fraction of sp³-hybridized carbons (Fsp3) is 0.143. The van der Waals surface area contributed by atoms with Crippen molar-refractivity contribution in [3.63, 3.8) is 0 Å². The lowest BCUT2D eigenvalue weighted by molar-refractivity contribution is 0.297. The van der Waals surface area contributed by atoms with Crippen molar-refractivity contribution in [2.45, 2.75) is 6.42 Å². The number of aromatic amines is 1. The SMILES string of the molecule is Nc1ccc2nc(OCCc3cccs3)[nH]c(=O)c2c1. The van der Waals surface area contributed by atoms with Gasteiger partial charge in [-0.2, -0.15) is 4.98 Å². The van der Waals surface area contributed by atoms with Gasteiger partial charge in [-0.1, -0.05) is 6.07 Å². The average molecular weight is 287 g/mol. The molecule has 3 aromatic rings. The van der Waals surface area contributed by atoms with Gasteiger partial charge in [0.05, 0.1) is 17.5 Å². The Hall–Kier alpha value is -2.34. The van der Waals surface area contributed by atoms with Crippen LogP contribution >= 0.6 is 11.3 Å². The molecule has 0 saturated heterocycles. The van der Waals surface area contributed by atoms with Gasteiger partial charge in [0, 0.05) is 17.0 Å². The minimum atomic E-state index is -0.242. The van der Waals surface area contributed by atoms with E-state index in [0.29, 0.717) is 23.2 Å². The Morgan fingerprint density at radius 2 is 2.25 bits per heavy atom. The zero-order chi connectivity index (χ0) is 13.9. The van der Waals surface area contributed by atoms with Crippen LogP contribution < -0.4 is 16.0 Å². The Morgan fingerprint density at radius 3 is 3.05 bits per heavy atom. The average Bonchev–Trinajstić information content (AvgIpc) is 2.93. The van der Waals surface area contributed by atoms with E-state index in [-0.39, 0.29) is 11.6 Å². The van der Waals surface area contributed by atoms with Crippen molar-refractivity contribution in [2.24, 2.45) is 0 Å². The van der Waals surface area contributed by atoms with Gasteiger partial charge in [0.2, 0.25) is 0 Å². The van der Waals surface area contributed by atoms with Crippen LogP contribution in [0, 0.1) is 0 Å². The van der Waals surface area contributed by atoms with Crippen LogP contribution in [0.4, 0.5) is 5.69 Å². The molecule has 0 spiro atoms. The van der Waals surface area contributed by atoms with Crippen LogP contribution in [0.2, 0.25) is 0 Å². The molecule has 1 aromatic carbocycles. The fourth-order valence-corrected chi connectivity index (χ4v) is 2.60. The second-order valence-electron chi connectivity index (χ2n) is 4.33. The van der Waals surface area contributed by atoms with Crippen LogP contribution in [0.25, 0.3) is 10.9 Å². The van der Waals surface area contributed by atoms with Gasteiger partial charge < -0.3 is 10.5 Å². The Labute approximate surface area is 119 Å². The van der Waals surface area contributed by atoms with Crippen LogP contribution in [0.15, 0.2) is 40.5 Å². The smallest absolute Gasteiger partial charge is 0.297 e. The summed E-state index contributed by atoms with van der Waals surface area (Å²) in [5.74, 6) is 0. The maximum absolute atomic E-state index is 11.9. The molecular weight excluding hydrogens is 274 g/mol. The number of H-pyrrole nitrogens is 1. The van der Waals surface area contributed by atoms with E-state index in [1.54, 1.807) is 29.5 Å². The molecule has 20 heavy (non-hydrogen) atoms. The van der Waals surface area contributed by atoms with Gasteiger partial charge in [-0.3, -0.25) is 9.78 Å². The van der Waals surface area contributed by atoms with Gasteiger partial charge in [-0.05, 0) is 29.6 Å². The normalized spacial score (nSPS) is 10.8. The molecule has 0 unspecified atom stereocenters. The fourth-order valence-electron chi connectivity index (χ4n) is 1.91. The molecule has 0 saturated carbocycles. The number of anilines is 1. The standard InChI is InChI=1S/C14H13N3O2S/c15-9-3-4-12-11(8-9)13(18)17-14(16-12)19-6-5-10-2-1-7-20-10/h1-4,7-8H,5-6,15H2,(H,16,17,18). The van der Waals surface area contributed by atoms with Crippen LogP contribution in [0.1, 0.15) is 4.88 Å². The lowest BCUT2D eigenvalue weighted by Crippen LogP contribution is -2.12. The minimum Gasteiger partial charge on any atom is -0.464 e. The number of thiophene rings is 1. The van der Waals surface area contributed by atoms with Gasteiger partial charge in [0.1, 0.15) is 0 Å². The third-order valence-corrected chi connectivity index (χ3v) is 3.81. The predicted octanol–water partition coefficient (Wildman–Crippen LogP) is 2.19. The molecule has 6 heteroatoms. The maximum atomic E-state index is 11.9. The summed E-state index contributed by atoms with van der Waals surface area (Å²) >= 11 is 1.68. The summed E-state index contributed by atoms with van der Waals surface area (Å²) in [6.45, 7) is 0.476. The number of nitrogens with two attached hydrogens (primary N) is 1. The number of nitrogens with one attached hydrogen (secondary N) is 1. The van der Waals surface area contributed by atoms with Gasteiger partial charge in [0.15, 0.2) is 0 Å². The number of aromatic nitrogens is 2. The number of fused-ring (bicyclic) bond motifs is 1. The van der Waals surface area contributed by atoms with Crippen molar-refractivity contribution in [2.75, 3.05) is 12.3 Å². The number of hydrogen-bond acceptors (Lipinski definition) is 5. The number of hydrogen-bond donors (Lipinski definition) is 2. The van der Waals surface area contributed by atoms with Crippen LogP contribution in [0.3, 0.4) is 0 Å². The highest BCUT2D eigenvalue weighted by Gasteiger charge is 2.05. The van der Waals surface area contributed by atoms with E-state index in [2.05, 4.69) is 9.97 Å².